The number of anilines is 2. The van der Waals surface area contributed by atoms with E-state index in [0.717, 1.165) is 26.2 Å². The van der Waals surface area contributed by atoms with Gasteiger partial charge in [-0.15, -0.1) is 0 Å². The third kappa shape index (κ3) is 2.88. The number of carboxylic acids is 1. The highest BCUT2D eigenvalue weighted by molar-refractivity contribution is 5.98. The van der Waals surface area contributed by atoms with Gasteiger partial charge in [0.1, 0.15) is 0 Å². The predicted molar refractivity (Wildman–Crippen MR) is 81.4 cm³/mol. The lowest BCUT2D eigenvalue weighted by Gasteiger charge is -2.43. The number of hydrogen-bond acceptors (Lipinski definition) is 4. The van der Waals surface area contributed by atoms with E-state index in [1.54, 1.807) is 18.2 Å². The van der Waals surface area contributed by atoms with Crippen molar-refractivity contribution in [3.05, 3.63) is 23.8 Å². The van der Waals surface area contributed by atoms with Crippen molar-refractivity contribution < 1.29 is 9.90 Å². The van der Waals surface area contributed by atoms with Crippen LogP contribution in [0.5, 0.6) is 0 Å². The summed E-state index contributed by atoms with van der Waals surface area (Å²) >= 11 is 0. The number of nitrogen functional groups attached to an aromatic ring is 1. The van der Waals surface area contributed by atoms with Crippen LogP contribution in [0.2, 0.25) is 0 Å². The standard InChI is InChI=1S/C15H23N3O2/c1-15(2,3)18-9-7-17(8-10-18)13-11(14(19)20)5-4-6-12(13)16/h4-6H,7-10,16H2,1-3H3,(H,19,20). The van der Waals surface area contributed by atoms with E-state index in [9.17, 15) is 9.90 Å². The molecular formula is C15H23N3O2. The first-order chi connectivity index (χ1) is 9.30. The molecule has 1 aromatic carbocycles. The first kappa shape index (κ1) is 14.7. The molecule has 2 rings (SSSR count). The lowest BCUT2D eigenvalue weighted by atomic mass is 10.0. The van der Waals surface area contributed by atoms with Crippen molar-refractivity contribution in [1.82, 2.24) is 4.90 Å². The maximum Gasteiger partial charge on any atom is 0.337 e. The first-order valence-corrected chi connectivity index (χ1v) is 6.92. The molecule has 0 aromatic heterocycles. The summed E-state index contributed by atoms with van der Waals surface area (Å²) in [6.45, 7) is 10.0. The maximum absolute atomic E-state index is 11.3. The Morgan fingerprint density at radius 2 is 1.80 bits per heavy atom. The van der Waals surface area contributed by atoms with Gasteiger partial charge in [-0.05, 0) is 32.9 Å². The number of carboxylic acid groups (broad SMARTS) is 1. The number of para-hydroxylation sites is 1. The van der Waals surface area contributed by atoms with Crippen molar-refractivity contribution in [3.8, 4) is 0 Å². The number of nitrogens with zero attached hydrogens (tertiary/aromatic N) is 2. The number of carbonyl (C=O) groups is 1. The van der Waals surface area contributed by atoms with Crippen LogP contribution in [0, 0.1) is 0 Å². The third-order valence-electron chi connectivity index (χ3n) is 3.84. The zero-order valence-corrected chi connectivity index (χ0v) is 12.4. The van der Waals surface area contributed by atoms with Crippen LogP contribution in [0.4, 0.5) is 11.4 Å². The number of hydrogen-bond donors (Lipinski definition) is 2. The quantitative estimate of drug-likeness (QED) is 0.808. The fraction of sp³-hybridized carbons (Fsp3) is 0.533. The Morgan fingerprint density at radius 1 is 1.20 bits per heavy atom. The van der Waals surface area contributed by atoms with E-state index < -0.39 is 5.97 Å². The van der Waals surface area contributed by atoms with Crippen molar-refractivity contribution in [1.29, 1.82) is 0 Å². The van der Waals surface area contributed by atoms with Crippen LogP contribution in [0.25, 0.3) is 0 Å². The Kier molecular flexibility index (Phi) is 3.90. The number of aromatic carboxylic acids is 1. The second-order valence-corrected chi connectivity index (χ2v) is 6.19. The summed E-state index contributed by atoms with van der Waals surface area (Å²) in [7, 11) is 0. The lowest BCUT2D eigenvalue weighted by Crippen LogP contribution is -2.53. The number of piperazine rings is 1. The molecule has 1 heterocycles. The lowest BCUT2D eigenvalue weighted by molar-refractivity contribution is 0.0697. The van der Waals surface area contributed by atoms with E-state index in [2.05, 4.69) is 30.6 Å². The SMILES string of the molecule is CC(C)(C)N1CCN(c2c(N)cccc2C(=O)O)CC1. The molecule has 1 saturated heterocycles. The van der Waals surface area contributed by atoms with Gasteiger partial charge in [-0.3, -0.25) is 4.90 Å². The van der Waals surface area contributed by atoms with Gasteiger partial charge in [0.15, 0.2) is 0 Å². The van der Waals surface area contributed by atoms with Gasteiger partial charge in [0.25, 0.3) is 0 Å². The van der Waals surface area contributed by atoms with E-state index in [1.165, 1.54) is 0 Å². The van der Waals surface area contributed by atoms with Crippen LogP contribution in [-0.4, -0.2) is 47.7 Å². The van der Waals surface area contributed by atoms with Gasteiger partial charge in [-0.2, -0.15) is 0 Å². The highest BCUT2D eigenvalue weighted by Crippen LogP contribution is 2.29. The van der Waals surface area contributed by atoms with Gasteiger partial charge < -0.3 is 15.7 Å². The zero-order valence-electron chi connectivity index (χ0n) is 12.4. The second kappa shape index (κ2) is 5.32. The van der Waals surface area contributed by atoms with Crippen molar-refractivity contribution >= 4 is 17.3 Å². The molecule has 3 N–H and O–H groups in total. The predicted octanol–water partition coefficient (Wildman–Crippen LogP) is 1.89. The molecule has 1 aromatic rings. The third-order valence-corrected chi connectivity index (χ3v) is 3.84. The molecule has 5 nitrogen and oxygen atoms in total. The number of rotatable bonds is 2. The van der Waals surface area contributed by atoms with Gasteiger partial charge in [0, 0.05) is 31.7 Å². The fourth-order valence-electron chi connectivity index (χ4n) is 2.69. The van der Waals surface area contributed by atoms with Crippen LogP contribution in [0.15, 0.2) is 18.2 Å². The summed E-state index contributed by atoms with van der Waals surface area (Å²) in [6.07, 6.45) is 0. The van der Waals surface area contributed by atoms with Gasteiger partial charge in [0.2, 0.25) is 0 Å². The summed E-state index contributed by atoms with van der Waals surface area (Å²) in [5, 5.41) is 9.31. The first-order valence-electron chi connectivity index (χ1n) is 6.92. The topological polar surface area (TPSA) is 69.8 Å². The Bertz CT molecular complexity index is 500. The van der Waals surface area contributed by atoms with Crippen LogP contribution in [-0.2, 0) is 0 Å². The zero-order chi connectivity index (χ0) is 14.9. The summed E-state index contributed by atoms with van der Waals surface area (Å²) in [4.78, 5) is 15.8. The molecule has 0 aliphatic carbocycles. The van der Waals surface area contributed by atoms with E-state index in [0.29, 0.717) is 11.4 Å². The minimum atomic E-state index is -0.925. The maximum atomic E-state index is 11.3. The average molecular weight is 277 g/mol. The van der Waals surface area contributed by atoms with Crippen LogP contribution in [0.3, 0.4) is 0 Å². The van der Waals surface area contributed by atoms with E-state index in [1.807, 2.05) is 0 Å². The molecule has 0 spiro atoms. The van der Waals surface area contributed by atoms with Gasteiger partial charge in [-0.25, -0.2) is 4.79 Å². The van der Waals surface area contributed by atoms with Crippen LogP contribution in [0.1, 0.15) is 31.1 Å². The normalized spacial score (nSPS) is 17.2. The second-order valence-electron chi connectivity index (χ2n) is 6.19. The Morgan fingerprint density at radius 3 is 2.30 bits per heavy atom. The minimum absolute atomic E-state index is 0.143. The fourth-order valence-corrected chi connectivity index (χ4v) is 2.69. The molecule has 0 unspecified atom stereocenters. The van der Waals surface area contributed by atoms with Gasteiger partial charge in [-0.1, -0.05) is 6.07 Å². The van der Waals surface area contributed by atoms with E-state index in [4.69, 9.17) is 5.73 Å². The highest BCUT2D eigenvalue weighted by atomic mass is 16.4. The molecule has 1 fully saturated rings. The molecule has 0 saturated carbocycles. The van der Waals surface area contributed by atoms with Gasteiger partial charge in [0.05, 0.1) is 16.9 Å². The van der Waals surface area contributed by atoms with E-state index in [-0.39, 0.29) is 11.1 Å². The molecule has 0 radical (unpaired) electrons. The number of benzene rings is 1. The average Bonchev–Trinajstić information content (AvgIpc) is 2.37. The summed E-state index contributed by atoms with van der Waals surface area (Å²) in [5.74, 6) is -0.925. The molecule has 1 aliphatic heterocycles. The molecule has 1 aliphatic rings. The highest BCUT2D eigenvalue weighted by Gasteiger charge is 2.28. The molecule has 110 valence electrons. The minimum Gasteiger partial charge on any atom is -0.478 e. The number of nitrogens with two attached hydrogens (primary N) is 1. The molecule has 0 atom stereocenters. The Hall–Kier alpha value is -1.75. The summed E-state index contributed by atoms with van der Waals surface area (Å²) < 4.78 is 0. The van der Waals surface area contributed by atoms with E-state index >= 15 is 0 Å². The smallest absolute Gasteiger partial charge is 0.337 e. The Balaban J connectivity index is 2.21. The van der Waals surface area contributed by atoms with Crippen LogP contribution < -0.4 is 10.6 Å². The van der Waals surface area contributed by atoms with Gasteiger partial charge >= 0.3 is 5.97 Å². The Labute approximate surface area is 120 Å². The molecule has 20 heavy (non-hydrogen) atoms. The van der Waals surface area contributed by atoms with Crippen LogP contribution >= 0.6 is 0 Å². The van der Waals surface area contributed by atoms with Crippen molar-refractivity contribution in [2.45, 2.75) is 26.3 Å². The summed E-state index contributed by atoms with van der Waals surface area (Å²) in [6, 6.07) is 5.07. The summed E-state index contributed by atoms with van der Waals surface area (Å²) in [5.41, 5.74) is 7.62. The molecular weight excluding hydrogens is 254 g/mol. The molecule has 0 amide bonds. The van der Waals surface area contributed by atoms with Crippen molar-refractivity contribution in [3.63, 3.8) is 0 Å². The monoisotopic (exact) mass is 277 g/mol. The largest absolute Gasteiger partial charge is 0.478 e. The van der Waals surface area contributed by atoms with Crippen molar-refractivity contribution in [2.24, 2.45) is 0 Å². The van der Waals surface area contributed by atoms with Crippen molar-refractivity contribution in [2.75, 3.05) is 36.8 Å². The molecule has 5 heteroatoms. The molecule has 0 bridgehead atoms.